The molecule has 1 heterocycles. The van der Waals surface area contributed by atoms with E-state index in [0.717, 1.165) is 22.4 Å². The van der Waals surface area contributed by atoms with E-state index in [4.69, 9.17) is 11.6 Å². The molecule has 1 atom stereocenters. The van der Waals surface area contributed by atoms with Crippen molar-refractivity contribution in [1.82, 2.24) is 14.8 Å². The van der Waals surface area contributed by atoms with E-state index >= 15 is 0 Å². The molecule has 0 aliphatic heterocycles. The molecule has 5 nitrogen and oxygen atoms in total. The van der Waals surface area contributed by atoms with Gasteiger partial charge in [-0.15, -0.1) is 10.2 Å². The highest BCUT2D eigenvalue weighted by atomic mass is 35.5. The zero-order chi connectivity index (χ0) is 22.5. The van der Waals surface area contributed by atoms with E-state index in [1.54, 1.807) is 0 Å². The standard InChI is InChI=1S/C25H23ClN4OS/c1-17-10-6-9-15-22(17)27-24(31)18(2)32-25-29-28-23(20-13-7-8-14-21(20)26)30(25)16-19-11-4-3-5-12-19/h3-15,18H,16H2,1-2H3,(H,27,31). The van der Waals surface area contributed by atoms with Crippen LogP contribution < -0.4 is 5.32 Å². The summed E-state index contributed by atoms with van der Waals surface area (Å²) in [5.74, 6) is 0.589. The van der Waals surface area contributed by atoms with Gasteiger partial charge in [0.1, 0.15) is 0 Å². The maximum atomic E-state index is 12.9. The van der Waals surface area contributed by atoms with E-state index in [1.165, 1.54) is 11.8 Å². The first-order valence-electron chi connectivity index (χ1n) is 10.3. The first-order valence-corrected chi connectivity index (χ1v) is 11.5. The molecule has 0 bridgehead atoms. The van der Waals surface area contributed by atoms with Crippen LogP contribution in [0.5, 0.6) is 0 Å². The average Bonchev–Trinajstić information content (AvgIpc) is 3.18. The van der Waals surface area contributed by atoms with Crippen LogP contribution in [-0.4, -0.2) is 25.9 Å². The Balaban J connectivity index is 1.62. The second-order valence-corrected chi connectivity index (χ2v) is 9.14. The number of nitrogens with zero attached hydrogens (tertiary/aromatic N) is 3. The molecular weight excluding hydrogens is 440 g/mol. The quantitative estimate of drug-likeness (QED) is 0.338. The van der Waals surface area contributed by atoms with Crippen molar-refractivity contribution < 1.29 is 4.79 Å². The van der Waals surface area contributed by atoms with E-state index in [0.29, 0.717) is 22.5 Å². The predicted octanol–water partition coefficient (Wildman–Crippen LogP) is 6.07. The summed E-state index contributed by atoms with van der Waals surface area (Å²) in [5, 5.41) is 12.8. The average molecular weight is 463 g/mol. The van der Waals surface area contributed by atoms with Gasteiger partial charge in [0.05, 0.1) is 16.8 Å². The van der Waals surface area contributed by atoms with Crippen LogP contribution >= 0.6 is 23.4 Å². The molecule has 0 saturated carbocycles. The Bertz CT molecular complexity index is 1230. The van der Waals surface area contributed by atoms with Gasteiger partial charge in [0, 0.05) is 11.3 Å². The summed E-state index contributed by atoms with van der Waals surface area (Å²) in [4.78, 5) is 12.9. The third kappa shape index (κ3) is 5.03. The Morgan fingerprint density at radius 2 is 1.69 bits per heavy atom. The molecule has 1 N–H and O–H groups in total. The van der Waals surface area contributed by atoms with Crippen molar-refractivity contribution in [2.75, 3.05) is 5.32 Å². The number of halogens is 1. The molecule has 162 valence electrons. The molecule has 1 amide bonds. The zero-order valence-corrected chi connectivity index (χ0v) is 19.4. The van der Waals surface area contributed by atoms with Gasteiger partial charge in [-0.05, 0) is 43.2 Å². The minimum Gasteiger partial charge on any atom is -0.325 e. The van der Waals surface area contributed by atoms with Crippen LogP contribution in [0.1, 0.15) is 18.1 Å². The molecule has 4 rings (SSSR count). The fourth-order valence-electron chi connectivity index (χ4n) is 3.29. The summed E-state index contributed by atoms with van der Waals surface area (Å²) in [6.07, 6.45) is 0. The number of para-hydroxylation sites is 1. The molecular formula is C25H23ClN4OS. The van der Waals surface area contributed by atoms with Crippen molar-refractivity contribution in [2.45, 2.75) is 30.8 Å². The van der Waals surface area contributed by atoms with Gasteiger partial charge in [0.15, 0.2) is 11.0 Å². The number of hydrogen-bond acceptors (Lipinski definition) is 4. The van der Waals surface area contributed by atoms with Crippen molar-refractivity contribution in [2.24, 2.45) is 0 Å². The second kappa shape index (κ2) is 10.0. The number of carbonyl (C=O) groups is 1. The summed E-state index contributed by atoms with van der Waals surface area (Å²) >= 11 is 7.83. The lowest BCUT2D eigenvalue weighted by Gasteiger charge is -2.15. The summed E-state index contributed by atoms with van der Waals surface area (Å²) in [6, 6.07) is 25.4. The number of aromatic nitrogens is 3. The number of nitrogens with one attached hydrogen (secondary N) is 1. The lowest BCUT2D eigenvalue weighted by molar-refractivity contribution is -0.115. The van der Waals surface area contributed by atoms with E-state index in [1.807, 2.05) is 85.1 Å². The molecule has 0 aliphatic rings. The maximum absolute atomic E-state index is 12.9. The van der Waals surface area contributed by atoms with E-state index < -0.39 is 0 Å². The predicted molar refractivity (Wildman–Crippen MR) is 131 cm³/mol. The molecule has 0 aliphatic carbocycles. The normalized spacial score (nSPS) is 11.8. The van der Waals surface area contributed by atoms with Gasteiger partial charge in [0.2, 0.25) is 5.91 Å². The van der Waals surface area contributed by atoms with E-state index in [-0.39, 0.29) is 11.2 Å². The van der Waals surface area contributed by atoms with Gasteiger partial charge in [0.25, 0.3) is 0 Å². The molecule has 7 heteroatoms. The SMILES string of the molecule is Cc1ccccc1NC(=O)C(C)Sc1nnc(-c2ccccc2Cl)n1Cc1ccccc1. The number of thioether (sulfide) groups is 1. The Morgan fingerprint density at radius 1 is 1.00 bits per heavy atom. The van der Waals surface area contributed by atoms with Gasteiger partial charge < -0.3 is 5.32 Å². The third-order valence-electron chi connectivity index (χ3n) is 5.07. The van der Waals surface area contributed by atoms with Crippen LogP contribution in [0.15, 0.2) is 84.0 Å². The third-order valence-corrected chi connectivity index (χ3v) is 6.48. The highest BCUT2D eigenvalue weighted by Crippen LogP contribution is 2.31. The number of amides is 1. The molecule has 32 heavy (non-hydrogen) atoms. The van der Waals surface area contributed by atoms with E-state index in [9.17, 15) is 4.79 Å². The molecule has 3 aromatic carbocycles. The second-order valence-electron chi connectivity index (χ2n) is 7.42. The van der Waals surface area contributed by atoms with Crippen molar-refractivity contribution in [3.8, 4) is 11.4 Å². The Morgan fingerprint density at radius 3 is 2.44 bits per heavy atom. The summed E-state index contributed by atoms with van der Waals surface area (Å²) in [5.41, 5.74) is 3.75. The zero-order valence-electron chi connectivity index (χ0n) is 17.8. The Labute approximate surface area is 196 Å². The molecule has 0 saturated heterocycles. The van der Waals surface area contributed by atoms with Gasteiger partial charge in [-0.2, -0.15) is 0 Å². The van der Waals surface area contributed by atoms with Crippen LogP contribution in [0.3, 0.4) is 0 Å². The number of hydrogen-bond donors (Lipinski definition) is 1. The molecule has 0 spiro atoms. The van der Waals surface area contributed by atoms with Crippen molar-refractivity contribution in [3.05, 3.63) is 95.0 Å². The van der Waals surface area contributed by atoms with Crippen LogP contribution in [0.4, 0.5) is 5.69 Å². The number of rotatable bonds is 7. The molecule has 1 aromatic heterocycles. The lowest BCUT2D eigenvalue weighted by atomic mass is 10.2. The number of aryl methyl sites for hydroxylation is 1. The van der Waals surface area contributed by atoms with Gasteiger partial charge >= 0.3 is 0 Å². The Kier molecular flexibility index (Phi) is 6.93. The van der Waals surface area contributed by atoms with Crippen LogP contribution in [-0.2, 0) is 11.3 Å². The molecule has 0 fully saturated rings. The van der Waals surface area contributed by atoms with Crippen molar-refractivity contribution in [3.63, 3.8) is 0 Å². The fraction of sp³-hybridized carbons (Fsp3) is 0.160. The highest BCUT2D eigenvalue weighted by molar-refractivity contribution is 8.00. The number of carbonyl (C=O) groups excluding carboxylic acids is 1. The highest BCUT2D eigenvalue weighted by Gasteiger charge is 2.22. The van der Waals surface area contributed by atoms with Crippen LogP contribution in [0, 0.1) is 6.92 Å². The number of anilines is 1. The Hall–Kier alpha value is -3.09. The molecule has 1 unspecified atom stereocenters. The smallest absolute Gasteiger partial charge is 0.237 e. The van der Waals surface area contributed by atoms with E-state index in [2.05, 4.69) is 27.6 Å². The minimum atomic E-state index is -0.368. The number of benzene rings is 3. The van der Waals surface area contributed by atoms with Crippen molar-refractivity contribution >= 4 is 35.0 Å². The van der Waals surface area contributed by atoms with Gasteiger partial charge in [-0.1, -0.05) is 84.0 Å². The maximum Gasteiger partial charge on any atom is 0.237 e. The minimum absolute atomic E-state index is 0.0853. The topological polar surface area (TPSA) is 59.8 Å². The van der Waals surface area contributed by atoms with Gasteiger partial charge in [-0.25, -0.2) is 0 Å². The first kappa shape index (κ1) is 22.1. The lowest BCUT2D eigenvalue weighted by Crippen LogP contribution is -2.23. The summed E-state index contributed by atoms with van der Waals surface area (Å²) < 4.78 is 2.01. The largest absolute Gasteiger partial charge is 0.325 e. The summed E-state index contributed by atoms with van der Waals surface area (Å²) in [6.45, 7) is 4.41. The molecule has 4 aromatic rings. The monoisotopic (exact) mass is 462 g/mol. The fourth-order valence-corrected chi connectivity index (χ4v) is 4.35. The summed E-state index contributed by atoms with van der Waals surface area (Å²) in [7, 11) is 0. The van der Waals surface area contributed by atoms with Crippen LogP contribution in [0.25, 0.3) is 11.4 Å². The van der Waals surface area contributed by atoms with Crippen LogP contribution in [0.2, 0.25) is 5.02 Å². The van der Waals surface area contributed by atoms with Gasteiger partial charge in [-0.3, -0.25) is 9.36 Å². The molecule has 0 radical (unpaired) electrons. The first-order chi connectivity index (χ1) is 15.5. The van der Waals surface area contributed by atoms with Crippen molar-refractivity contribution in [1.29, 1.82) is 0 Å².